The molecular weight excluding hydrogens is 311 g/mol. The second-order valence-corrected chi connectivity index (χ2v) is 6.21. The van der Waals surface area contributed by atoms with Gasteiger partial charge in [-0.25, -0.2) is 4.39 Å². The number of rotatable bonds is 6. The summed E-state index contributed by atoms with van der Waals surface area (Å²) in [6.45, 7) is 1.92. The van der Waals surface area contributed by atoms with E-state index in [4.69, 9.17) is 17.4 Å². The molecular formula is C14H18ClFN4S. The van der Waals surface area contributed by atoms with Gasteiger partial charge in [0.05, 0.1) is 5.69 Å². The third-order valence-corrected chi connectivity index (χ3v) is 4.92. The number of hydrogen-bond donors (Lipinski definition) is 2. The lowest BCUT2D eigenvalue weighted by molar-refractivity contribution is 0.572. The van der Waals surface area contributed by atoms with Crippen molar-refractivity contribution in [2.45, 2.75) is 24.3 Å². The van der Waals surface area contributed by atoms with Crippen LogP contribution in [-0.4, -0.2) is 21.6 Å². The molecule has 1 heterocycles. The molecule has 0 aliphatic rings. The van der Waals surface area contributed by atoms with E-state index in [1.165, 1.54) is 17.8 Å². The first-order valence-electron chi connectivity index (χ1n) is 6.54. The zero-order valence-electron chi connectivity index (χ0n) is 11.9. The fraction of sp³-hybridized carbons (Fsp3) is 0.357. The molecule has 7 heteroatoms. The van der Waals surface area contributed by atoms with Crippen LogP contribution in [0.25, 0.3) is 0 Å². The fourth-order valence-electron chi connectivity index (χ4n) is 2.07. The molecule has 0 aliphatic heterocycles. The first-order valence-corrected chi connectivity index (χ1v) is 7.90. The lowest BCUT2D eigenvalue weighted by atomic mass is 10.1. The van der Waals surface area contributed by atoms with E-state index < -0.39 is 0 Å². The summed E-state index contributed by atoms with van der Waals surface area (Å²) in [6, 6.07) is 6.69. The van der Waals surface area contributed by atoms with Crippen molar-refractivity contribution < 1.29 is 4.39 Å². The Morgan fingerprint density at radius 3 is 2.76 bits per heavy atom. The quantitative estimate of drug-likeness (QED) is 0.486. The van der Waals surface area contributed by atoms with E-state index in [0.29, 0.717) is 22.2 Å². The predicted octanol–water partition coefficient (Wildman–Crippen LogP) is 2.69. The van der Waals surface area contributed by atoms with Crippen LogP contribution in [0.3, 0.4) is 0 Å². The molecule has 0 amide bonds. The Labute approximate surface area is 132 Å². The first kappa shape index (κ1) is 16.3. The maximum atomic E-state index is 13.6. The lowest BCUT2D eigenvalue weighted by Gasteiger charge is -2.15. The minimum Gasteiger partial charge on any atom is -0.271 e. The number of hydrogen-bond acceptors (Lipinski definition) is 4. The van der Waals surface area contributed by atoms with Crippen molar-refractivity contribution in [1.82, 2.24) is 15.2 Å². The van der Waals surface area contributed by atoms with Crippen molar-refractivity contribution in [2.24, 2.45) is 12.9 Å². The molecule has 0 fully saturated rings. The summed E-state index contributed by atoms with van der Waals surface area (Å²) in [7, 11) is 1.80. The van der Waals surface area contributed by atoms with E-state index in [0.717, 1.165) is 11.3 Å². The van der Waals surface area contributed by atoms with E-state index in [-0.39, 0.29) is 11.9 Å². The summed E-state index contributed by atoms with van der Waals surface area (Å²) in [4.78, 5) is 0.617. The van der Waals surface area contributed by atoms with Gasteiger partial charge in [0, 0.05) is 29.3 Å². The third kappa shape index (κ3) is 3.97. The molecule has 114 valence electrons. The maximum Gasteiger partial charge on any atom is 0.136 e. The topological polar surface area (TPSA) is 55.9 Å². The number of benzene rings is 1. The van der Waals surface area contributed by atoms with Crippen LogP contribution in [0, 0.1) is 12.7 Å². The number of aromatic nitrogens is 2. The summed E-state index contributed by atoms with van der Waals surface area (Å²) < 4.78 is 15.2. The smallest absolute Gasteiger partial charge is 0.136 e. The van der Waals surface area contributed by atoms with E-state index in [1.807, 2.05) is 13.0 Å². The SMILES string of the molecule is Cc1nn(C)c(Cl)c1CC(CSc1ccccc1F)NN. The molecule has 21 heavy (non-hydrogen) atoms. The minimum absolute atomic E-state index is 0.0185. The molecule has 0 saturated carbocycles. The number of halogens is 2. The molecule has 1 aromatic heterocycles. The zero-order valence-corrected chi connectivity index (χ0v) is 13.5. The van der Waals surface area contributed by atoms with Crippen LogP contribution in [0.15, 0.2) is 29.2 Å². The molecule has 0 aliphatic carbocycles. The van der Waals surface area contributed by atoms with Crippen molar-refractivity contribution in [3.8, 4) is 0 Å². The van der Waals surface area contributed by atoms with Crippen LogP contribution in [0.4, 0.5) is 4.39 Å². The summed E-state index contributed by atoms with van der Waals surface area (Å²) in [5.74, 6) is 6.03. The predicted molar refractivity (Wildman–Crippen MR) is 84.9 cm³/mol. The Bertz CT molecular complexity index is 617. The molecule has 4 nitrogen and oxygen atoms in total. The molecule has 0 saturated heterocycles. The Morgan fingerprint density at radius 1 is 1.48 bits per heavy atom. The third-order valence-electron chi connectivity index (χ3n) is 3.23. The summed E-state index contributed by atoms with van der Waals surface area (Å²) in [5, 5.41) is 4.89. The standard InChI is InChI=1S/C14H18ClFN4S/c1-9-11(14(15)20(2)19-9)7-10(18-17)8-21-13-6-4-3-5-12(13)16/h3-6,10,18H,7-8,17H2,1-2H3. The fourth-order valence-corrected chi connectivity index (χ4v) is 3.30. The van der Waals surface area contributed by atoms with Gasteiger partial charge in [0.1, 0.15) is 11.0 Å². The van der Waals surface area contributed by atoms with E-state index in [2.05, 4.69) is 10.5 Å². The molecule has 1 aromatic carbocycles. The zero-order chi connectivity index (χ0) is 15.4. The number of nitrogens with two attached hydrogens (primary N) is 1. The van der Waals surface area contributed by atoms with Gasteiger partial charge in [-0.05, 0) is 25.5 Å². The van der Waals surface area contributed by atoms with Gasteiger partial charge >= 0.3 is 0 Å². The molecule has 0 radical (unpaired) electrons. The highest BCUT2D eigenvalue weighted by molar-refractivity contribution is 7.99. The van der Waals surface area contributed by atoms with Crippen LogP contribution < -0.4 is 11.3 Å². The molecule has 2 aromatic rings. The van der Waals surface area contributed by atoms with Gasteiger partial charge in [-0.1, -0.05) is 23.7 Å². The summed E-state index contributed by atoms with van der Waals surface area (Å²) in [6.07, 6.45) is 0.649. The monoisotopic (exact) mass is 328 g/mol. The molecule has 3 N–H and O–H groups in total. The minimum atomic E-state index is -0.214. The number of nitrogens with zero attached hydrogens (tertiary/aromatic N) is 2. The number of thioether (sulfide) groups is 1. The highest BCUT2D eigenvalue weighted by Gasteiger charge is 2.17. The summed E-state index contributed by atoms with van der Waals surface area (Å²) in [5.41, 5.74) is 4.62. The highest BCUT2D eigenvalue weighted by Crippen LogP contribution is 2.25. The Balaban J connectivity index is 2.02. The Kier molecular flexibility index (Phi) is 5.64. The number of nitrogens with one attached hydrogen (secondary N) is 1. The van der Waals surface area contributed by atoms with Crippen molar-refractivity contribution in [1.29, 1.82) is 0 Å². The average molecular weight is 329 g/mol. The lowest BCUT2D eigenvalue weighted by Crippen LogP contribution is -2.38. The van der Waals surface area contributed by atoms with Crippen LogP contribution in [0.5, 0.6) is 0 Å². The molecule has 1 atom stereocenters. The van der Waals surface area contributed by atoms with Crippen LogP contribution in [0.1, 0.15) is 11.3 Å². The van der Waals surface area contributed by atoms with Gasteiger partial charge in [0.15, 0.2) is 0 Å². The van der Waals surface area contributed by atoms with Gasteiger partial charge < -0.3 is 0 Å². The second-order valence-electron chi connectivity index (χ2n) is 4.79. The van der Waals surface area contributed by atoms with Crippen LogP contribution in [-0.2, 0) is 13.5 Å². The van der Waals surface area contributed by atoms with Crippen LogP contribution in [0.2, 0.25) is 5.15 Å². The van der Waals surface area contributed by atoms with Gasteiger partial charge in [-0.15, -0.1) is 11.8 Å². The van der Waals surface area contributed by atoms with Crippen molar-refractivity contribution >= 4 is 23.4 Å². The first-order chi connectivity index (χ1) is 10.0. The normalized spacial score (nSPS) is 12.6. The second kappa shape index (κ2) is 7.26. The van der Waals surface area contributed by atoms with Gasteiger partial charge in [0.25, 0.3) is 0 Å². The summed E-state index contributed by atoms with van der Waals surface area (Å²) >= 11 is 7.65. The van der Waals surface area contributed by atoms with Crippen molar-refractivity contribution in [3.05, 3.63) is 46.5 Å². The van der Waals surface area contributed by atoms with E-state index in [9.17, 15) is 4.39 Å². The number of hydrazine groups is 1. The molecule has 2 rings (SSSR count). The Morgan fingerprint density at radius 2 is 2.19 bits per heavy atom. The van der Waals surface area contributed by atoms with Gasteiger partial charge in [0.2, 0.25) is 0 Å². The average Bonchev–Trinajstić information content (AvgIpc) is 2.70. The van der Waals surface area contributed by atoms with E-state index >= 15 is 0 Å². The van der Waals surface area contributed by atoms with Crippen molar-refractivity contribution in [3.63, 3.8) is 0 Å². The maximum absolute atomic E-state index is 13.6. The van der Waals surface area contributed by atoms with Gasteiger partial charge in [-0.2, -0.15) is 5.10 Å². The van der Waals surface area contributed by atoms with Gasteiger partial charge in [-0.3, -0.25) is 16.0 Å². The highest BCUT2D eigenvalue weighted by atomic mass is 35.5. The largest absolute Gasteiger partial charge is 0.271 e. The molecule has 1 unspecified atom stereocenters. The Hall–Kier alpha value is -1.08. The molecule has 0 spiro atoms. The van der Waals surface area contributed by atoms with Crippen LogP contribution >= 0.6 is 23.4 Å². The van der Waals surface area contributed by atoms with E-state index in [1.54, 1.807) is 23.9 Å². The number of aryl methyl sites for hydroxylation is 2. The van der Waals surface area contributed by atoms with Crippen molar-refractivity contribution in [2.75, 3.05) is 5.75 Å². The molecule has 0 bridgehead atoms.